The van der Waals surface area contributed by atoms with Crippen molar-refractivity contribution in [3.63, 3.8) is 0 Å². The molecule has 8 heavy (non-hydrogen) atoms. The van der Waals surface area contributed by atoms with Gasteiger partial charge < -0.3 is 15.1 Å². The van der Waals surface area contributed by atoms with Gasteiger partial charge in [-0.1, -0.05) is 0 Å². The van der Waals surface area contributed by atoms with Gasteiger partial charge in [0, 0.05) is 50.3 Å². The molecule has 0 aliphatic carbocycles. The normalized spacial score (nSPS) is 3.38. The Bertz CT molecular complexity index is 24.0. The Labute approximate surface area is 90.9 Å². The van der Waals surface area contributed by atoms with E-state index in [0.29, 0.717) is 0 Å². The van der Waals surface area contributed by atoms with Gasteiger partial charge in [0.15, 0.2) is 0 Å². The SMILES string of the molecule is OB(O)O.[Co].[LiH].[Mn].[Ni]. The topological polar surface area (TPSA) is 60.7 Å². The van der Waals surface area contributed by atoms with E-state index in [1.54, 1.807) is 0 Å². The fourth-order valence-corrected chi connectivity index (χ4v) is 0. The second-order valence-electron chi connectivity index (χ2n) is 0.346. The first-order chi connectivity index (χ1) is 1.73. The summed E-state index contributed by atoms with van der Waals surface area (Å²) in [6.07, 6.45) is 0. The van der Waals surface area contributed by atoms with Crippen molar-refractivity contribution in [1.82, 2.24) is 0 Å². The summed E-state index contributed by atoms with van der Waals surface area (Å²) in [5, 5.41) is 21.5. The zero-order valence-corrected chi connectivity index (χ0v) is 6.16. The van der Waals surface area contributed by atoms with E-state index in [-0.39, 0.29) is 69.2 Å². The summed E-state index contributed by atoms with van der Waals surface area (Å²) in [4.78, 5) is 0. The van der Waals surface area contributed by atoms with Crippen LogP contribution in [0, 0.1) is 0 Å². The van der Waals surface area contributed by atoms with E-state index in [0.717, 1.165) is 0 Å². The molecule has 0 aromatic rings. The molecule has 0 saturated carbocycles. The van der Waals surface area contributed by atoms with Gasteiger partial charge in [0.2, 0.25) is 0 Å². The van der Waals surface area contributed by atoms with Gasteiger partial charge in [0.25, 0.3) is 0 Å². The van der Waals surface area contributed by atoms with Crippen LogP contribution in [0.1, 0.15) is 0 Å². The first-order valence-corrected chi connectivity index (χ1v) is 0.775. The smallest absolute Gasteiger partial charge is 0 e. The van der Waals surface area contributed by atoms with Crippen LogP contribution in [0.5, 0.6) is 0 Å². The fraction of sp³-hybridized carbons (Fsp3) is 0. The predicted octanol–water partition coefficient (Wildman–Crippen LogP) is -2.71. The molecule has 0 fully saturated rings. The molecule has 0 aromatic carbocycles. The van der Waals surface area contributed by atoms with Gasteiger partial charge in [-0.25, -0.2) is 0 Å². The minimum Gasteiger partial charge on any atom is 0 e. The number of rotatable bonds is 0. The summed E-state index contributed by atoms with van der Waals surface area (Å²) in [5.41, 5.74) is 0. The van der Waals surface area contributed by atoms with E-state index < -0.39 is 7.32 Å². The minimum atomic E-state index is -2.17. The molecule has 0 spiro atoms. The molecule has 0 atom stereocenters. The van der Waals surface area contributed by atoms with Gasteiger partial charge in [0.1, 0.15) is 0 Å². The summed E-state index contributed by atoms with van der Waals surface area (Å²) < 4.78 is 0. The summed E-state index contributed by atoms with van der Waals surface area (Å²) in [6.45, 7) is 0. The van der Waals surface area contributed by atoms with E-state index in [2.05, 4.69) is 0 Å². The van der Waals surface area contributed by atoms with Crippen LogP contribution in [0.15, 0.2) is 0 Å². The van der Waals surface area contributed by atoms with Gasteiger partial charge in [-0.15, -0.1) is 0 Å². The molecule has 0 aromatic heterocycles. The first-order valence-electron chi connectivity index (χ1n) is 0.775. The number of hydrogen-bond donors (Lipinski definition) is 3. The molecule has 0 unspecified atom stereocenters. The summed E-state index contributed by atoms with van der Waals surface area (Å²) in [5.74, 6) is 0. The van der Waals surface area contributed by atoms with Crippen LogP contribution >= 0.6 is 0 Å². The van der Waals surface area contributed by atoms with Crippen molar-refractivity contribution >= 4 is 26.2 Å². The van der Waals surface area contributed by atoms with Crippen LogP contribution < -0.4 is 0 Å². The second-order valence-corrected chi connectivity index (χ2v) is 0.346. The third kappa shape index (κ3) is 94.6. The third-order valence-corrected chi connectivity index (χ3v) is 0. The van der Waals surface area contributed by atoms with Gasteiger partial charge in [0.05, 0.1) is 0 Å². The van der Waals surface area contributed by atoms with E-state index in [4.69, 9.17) is 15.1 Å². The molecule has 2 radical (unpaired) electrons. The molecular weight excluding hydrogens is 238 g/mol. The average Bonchev–Trinajstić information content (AvgIpc) is 0.811. The zero-order valence-electron chi connectivity index (χ0n) is 2.95. The van der Waals surface area contributed by atoms with Crippen LogP contribution in [0.25, 0.3) is 0 Å². The van der Waals surface area contributed by atoms with E-state index in [1.807, 2.05) is 0 Å². The van der Waals surface area contributed by atoms with E-state index >= 15 is 0 Å². The molecule has 52 valence electrons. The molecule has 0 heterocycles. The molecule has 3 N–H and O–H groups in total. The molecule has 0 saturated heterocycles. The summed E-state index contributed by atoms with van der Waals surface area (Å²) in [7, 11) is -2.17. The van der Waals surface area contributed by atoms with Crippen molar-refractivity contribution in [3.05, 3.63) is 0 Å². The molecule has 8 heteroatoms. The Balaban J connectivity index is -0.00000000750. The quantitative estimate of drug-likeness (QED) is 0.405. The fourth-order valence-electron chi connectivity index (χ4n) is 0. The van der Waals surface area contributed by atoms with Crippen LogP contribution in [-0.4, -0.2) is 41.3 Å². The van der Waals surface area contributed by atoms with E-state index in [9.17, 15) is 0 Å². The summed E-state index contributed by atoms with van der Waals surface area (Å²) in [6, 6.07) is 0. The summed E-state index contributed by atoms with van der Waals surface area (Å²) >= 11 is 0. The molecule has 3 nitrogen and oxygen atoms in total. The Morgan fingerprint density at radius 1 is 1.00 bits per heavy atom. The van der Waals surface area contributed by atoms with Gasteiger partial charge in [-0.3, -0.25) is 0 Å². The van der Waals surface area contributed by atoms with Crippen molar-refractivity contribution in [3.8, 4) is 0 Å². The van der Waals surface area contributed by atoms with Crippen molar-refractivity contribution in [2.75, 3.05) is 0 Å². The maximum Gasteiger partial charge on any atom is 0 e. The van der Waals surface area contributed by atoms with Crippen molar-refractivity contribution < 1.29 is 65.4 Å². The third-order valence-electron chi connectivity index (χ3n) is 0. The largest absolute Gasteiger partial charge is 0 e. The Hall–Kier alpha value is 2.06. The maximum atomic E-state index is 7.17. The van der Waals surface area contributed by atoms with Gasteiger partial charge >= 0.3 is 26.2 Å². The second kappa shape index (κ2) is 23.0. The first kappa shape index (κ1) is 32.2. The molecule has 0 aliphatic heterocycles. The molecule has 0 aliphatic rings. The van der Waals surface area contributed by atoms with Crippen molar-refractivity contribution in [1.29, 1.82) is 0 Å². The molecule has 0 amide bonds. The molecule has 0 bridgehead atoms. The van der Waals surface area contributed by atoms with Crippen LogP contribution in [0.4, 0.5) is 0 Å². The zero-order chi connectivity index (χ0) is 3.58. The maximum absolute atomic E-state index is 7.17. The van der Waals surface area contributed by atoms with Gasteiger partial charge in [-0.2, -0.15) is 0 Å². The average molecular weight is 242 g/mol. The van der Waals surface area contributed by atoms with Crippen molar-refractivity contribution in [2.24, 2.45) is 0 Å². The van der Waals surface area contributed by atoms with Crippen LogP contribution in [0.3, 0.4) is 0 Å². The Kier molecular flexibility index (Phi) is 92.7. The Morgan fingerprint density at radius 2 is 1.00 bits per heavy atom. The minimum absolute atomic E-state index is 0. The van der Waals surface area contributed by atoms with Crippen LogP contribution in [0.2, 0.25) is 0 Å². The molecular formula is H4BCoLiMnNiO3. The predicted molar refractivity (Wildman–Crippen MR) is 19.6 cm³/mol. The Morgan fingerprint density at radius 3 is 1.00 bits per heavy atom. The van der Waals surface area contributed by atoms with E-state index in [1.165, 1.54) is 0 Å². The molecule has 0 rings (SSSR count). The monoisotopic (exact) mass is 242 g/mol. The van der Waals surface area contributed by atoms with Crippen LogP contribution in [-0.2, 0) is 50.3 Å². The van der Waals surface area contributed by atoms with Gasteiger partial charge in [-0.05, 0) is 0 Å². The standard InChI is InChI=1S/BH3O3.Co.Li.Mn.Ni.H/c2-1(3)4;;;;;/h2-4H;;;;;. The number of hydrogen-bond acceptors (Lipinski definition) is 3. The van der Waals surface area contributed by atoms with Crippen molar-refractivity contribution in [2.45, 2.75) is 0 Å².